The molecule has 1 aromatic heterocycles. The van der Waals surface area contributed by atoms with Crippen LogP contribution in [0.25, 0.3) is 10.8 Å². The van der Waals surface area contributed by atoms with E-state index in [1.54, 1.807) is 6.92 Å². The lowest BCUT2D eigenvalue weighted by Crippen LogP contribution is -2.20. The molecule has 0 aliphatic rings. The Labute approximate surface area is 138 Å². The number of carbonyl (C=O) groups is 1. The molecule has 0 aliphatic carbocycles. The van der Waals surface area contributed by atoms with Gasteiger partial charge in [-0.25, -0.2) is 5.43 Å². The van der Waals surface area contributed by atoms with Gasteiger partial charge in [-0.2, -0.15) is 5.10 Å². The van der Waals surface area contributed by atoms with E-state index in [9.17, 15) is 9.90 Å². The van der Waals surface area contributed by atoms with Crippen LogP contribution in [0, 0.1) is 0 Å². The molecule has 0 saturated carbocycles. The fourth-order valence-corrected chi connectivity index (χ4v) is 3.07. The number of nitrogens with one attached hydrogen (secondary N) is 1. The predicted octanol–water partition coefficient (Wildman–Crippen LogP) is 3.69. The molecule has 0 unspecified atom stereocenters. The minimum absolute atomic E-state index is 0.174. The van der Waals surface area contributed by atoms with Crippen molar-refractivity contribution in [2.75, 3.05) is 0 Å². The molecule has 2 N–H and O–H groups in total. The molecule has 3 aromatic rings. The first-order valence-electron chi connectivity index (χ1n) is 7.22. The summed E-state index contributed by atoms with van der Waals surface area (Å²) in [4.78, 5) is 12.9. The topological polar surface area (TPSA) is 61.7 Å². The second-order valence-electron chi connectivity index (χ2n) is 5.17. The number of fused-ring (bicyclic) bond motifs is 1. The van der Waals surface area contributed by atoms with E-state index in [1.807, 2.05) is 53.9 Å². The molecule has 0 aliphatic heterocycles. The Balaban J connectivity index is 1.78. The van der Waals surface area contributed by atoms with Gasteiger partial charge in [0.15, 0.2) is 0 Å². The SMILES string of the molecule is C/C(=N/NC(=O)Cc1cccs1)c1ccc2ccccc2c1O. The quantitative estimate of drug-likeness (QED) is 0.568. The third kappa shape index (κ3) is 3.40. The van der Waals surface area contributed by atoms with Crippen LogP contribution in [0.4, 0.5) is 0 Å². The van der Waals surface area contributed by atoms with E-state index in [0.29, 0.717) is 17.7 Å². The lowest BCUT2D eigenvalue weighted by Gasteiger charge is -2.08. The molecule has 23 heavy (non-hydrogen) atoms. The number of hydrogen-bond donors (Lipinski definition) is 2. The number of phenolic OH excluding ortho intramolecular Hbond substituents is 1. The zero-order valence-corrected chi connectivity index (χ0v) is 13.4. The zero-order chi connectivity index (χ0) is 16.2. The number of rotatable bonds is 4. The maximum absolute atomic E-state index is 11.9. The minimum Gasteiger partial charge on any atom is -0.507 e. The van der Waals surface area contributed by atoms with Crippen molar-refractivity contribution >= 4 is 33.7 Å². The van der Waals surface area contributed by atoms with Gasteiger partial charge in [0.05, 0.1) is 12.1 Å². The lowest BCUT2D eigenvalue weighted by molar-refractivity contribution is -0.120. The molecule has 0 radical (unpaired) electrons. The molecule has 0 saturated heterocycles. The lowest BCUT2D eigenvalue weighted by atomic mass is 10.0. The van der Waals surface area contributed by atoms with Crippen LogP contribution >= 0.6 is 11.3 Å². The van der Waals surface area contributed by atoms with Crippen LogP contribution in [0.2, 0.25) is 0 Å². The van der Waals surface area contributed by atoms with Crippen LogP contribution in [0.1, 0.15) is 17.4 Å². The van der Waals surface area contributed by atoms with Gasteiger partial charge in [-0.15, -0.1) is 11.3 Å². The van der Waals surface area contributed by atoms with Crippen LogP contribution in [-0.4, -0.2) is 16.7 Å². The Kier molecular flexibility index (Phi) is 4.39. The van der Waals surface area contributed by atoms with Crippen LogP contribution in [-0.2, 0) is 11.2 Å². The van der Waals surface area contributed by atoms with Crippen molar-refractivity contribution in [1.82, 2.24) is 5.43 Å². The number of phenols is 1. The third-order valence-corrected chi connectivity index (χ3v) is 4.43. The highest BCUT2D eigenvalue weighted by Crippen LogP contribution is 2.28. The highest BCUT2D eigenvalue weighted by atomic mass is 32.1. The summed E-state index contributed by atoms with van der Waals surface area (Å²) >= 11 is 1.54. The van der Waals surface area contributed by atoms with Crippen molar-refractivity contribution in [2.45, 2.75) is 13.3 Å². The van der Waals surface area contributed by atoms with Gasteiger partial charge in [-0.05, 0) is 29.8 Å². The van der Waals surface area contributed by atoms with Crippen molar-refractivity contribution in [2.24, 2.45) is 5.10 Å². The van der Waals surface area contributed by atoms with E-state index < -0.39 is 0 Å². The van der Waals surface area contributed by atoms with Crippen LogP contribution in [0.15, 0.2) is 59.0 Å². The Morgan fingerprint density at radius 2 is 2.00 bits per heavy atom. The Hall–Kier alpha value is -2.66. The first-order chi connectivity index (χ1) is 11.1. The molecule has 0 fully saturated rings. The zero-order valence-electron chi connectivity index (χ0n) is 12.6. The monoisotopic (exact) mass is 324 g/mol. The molecule has 1 heterocycles. The average molecular weight is 324 g/mol. The van der Waals surface area contributed by atoms with E-state index >= 15 is 0 Å². The third-order valence-electron chi connectivity index (χ3n) is 3.55. The molecule has 4 nitrogen and oxygen atoms in total. The standard InChI is InChI=1S/C18H16N2O2S/c1-12(19-20-17(21)11-14-6-4-10-23-14)15-9-8-13-5-2-3-7-16(13)18(15)22/h2-10,22H,11H2,1H3,(H,20,21)/b19-12-. The van der Waals surface area contributed by atoms with Crippen molar-refractivity contribution < 1.29 is 9.90 Å². The molecule has 3 rings (SSSR count). The maximum atomic E-state index is 11.9. The fourth-order valence-electron chi connectivity index (χ4n) is 2.36. The van der Waals surface area contributed by atoms with Gasteiger partial charge in [0.1, 0.15) is 5.75 Å². The second kappa shape index (κ2) is 6.62. The van der Waals surface area contributed by atoms with Gasteiger partial charge < -0.3 is 5.11 Å². The van der Waals surface area contributed by atoms with Gasteiger partial charge in [0.2, 0.25) is 5.91 Å². The van der Waals surface area contributed by atoms with E-state index in [1.165, 1.54) is 11.3 Å². The van der Waals surface area contributed by atoms with E-state index in [2.05, 4.69) is 10.5 Å². The fraction of sp³-hybridized carbons (Fsp3) is 0.111. The van der Waals surface area contributed by atoms with E-state index in [0.717, 1.165) is 15.6 Å². The van der Waals surface area contributed by atoms with Crippen LogP contribution in [0.5, 0.6) is 5.75 Å². The summed E-state index contributed by atoms with van der Waals surface area (Å²) in [6.45, 7) is 1.76. The number of thiophene rings is 1. The summed E-state index contributed by atoms with van der Waals surface area (Å²) in [5, 5.41) is 18.2. The second-order valence-corrected chi connectivity index (χ2v) is 6.20. The number of hydrogen-bond acceptors (Lipinski definition) is 4. The molecule has 5 heteroatoms. The van der Waals surface area contributed by atoms with Crippen LogP contribution in [0.3, 0.4) is 0 Å². The molecule has 0 spiro atoms. The molecule has 1 amide bonds. The van der Waals surface area contributed by atoms with Gasteiger partial charge in [0, 0.05) is 15.8 Å². The Bertz CT molecular complexity index is 870. The number of aromatic hydroxyl groups is 1. The summed E-state index contributed by atoms with van der Waals surface area (Å²) in [7, 11) is 0. The first kappa shape index (κ1) is 15.2. The van der Waals surface area contributed by atoms with Crippen molar-refractivity contribution in [1.29, 1.82) is 0 Å². The summed E-state index contributed by atoms with van der Waals surface area (Å²) in [5.41, 5.74) is 3.71. The summed E-state index contributed by atoms with van der Waals surface area (Å²) in [5.74, 6) is 0.00364. The summed E-state index contributed by atoms with van der Waals surface area (Å²) in [6.07, 6.45) is 0.304. The van der Waals surface area contributed by atoms with Gasteiger partial charge in [0.25, 0.3) is 0 Å². The molecule has 0 atom stereocenters. The van der Waals surface area contributed by atoms with Crippen molar-refractivity contribution in [3.05, 3.63) is 64.4 Å². The highest BCUT2D eigenvalue weighted by molar-refractivity contribution is 7.10. The Morgan fingerprint density at radius 3 is 2.78 bits per heavy atom. The largest absolute Gasteiger partial charge is 0.507 e. The maximum Gasteiger partial charge on any atom is 0.245 e. The number of hydrazone groups is 1. The first-order valence-corrected chi connectivity index (χ1v) is 8.09. The van der Waals surface area contributed by atoms with Gasteiger partial charge >= 0.3 is 0 Å². The number of carbonyl (C=O) groups excluding carboxylic acids is 1. The number of nitrogens with zero attached hydrogens (tertiary/aromatic N) is 1. The number of benzene rings is 2. The minimum atomic E-state index is -0.174. The molecular weight excluding hydrogens is 308 g/mol. The van der Waals surface area contributed by atoms with Gasteiger partial charge in [-0.3, -0.25) is 4.79 Å². The van der Waals surface area contributed by atoms with Gasteiger partial charge in [-0.1, -0.05) is 36.4 Å². The molecule has 116 valence electrons. The normalized spacial score (nSPS) is 11.6. The molecular formula is C18H16N2O2S. The highest BCUT2D eigenvalue weighted by Gasteiger charge is 2.09. The molecule has 0 bridgehead atoms. The van der Waals surface area contributed by atoms with Crippen molar-refractivity contribution in [3.63, 3.8) is 0 Å². The number of amides is 1. The Morgan fingerprint density at radius 1 is 1.17 bits per heavy atom. The summed E-state index contributed by atoms with van der Waals surface area (Å²) in [6, 6.07) is 15.2. The summed E-state index contributed by atoms with van der Waals surface area (Å²) < 4.78 is 0. The van der Waals surface area contributed by atoms with Crippen molar-refractivity contribution in [3.8, 4) is 5.75 Å². The van der Waals surface area contributed by atoms with Crippen LogP contribution < -0.4 is 5.43 Å². The smallest absolute Gasteiger partial charge is 0.245 e. The predicted molar refractivity (Wildman–Crippen MR) is 94.0 cm³/mol. The molecule has 2 aromatic carbocycles. The van der Waals surface area contributed by atoms with E-state index in [-0.39, 0.29) is 11.7 Å². The average Bonchev–Trinajstić information content (AvgIpc) is 3.06. The van der Waals surface area contributed by atoms with E-state index in [4.69, 9.17) is 0 Å².